The van der Waals surface area contributed by atoms with Crippen LogP contribution in [0.3, 0.4) is 0 Å². The molecule has 2 nitrogen and oxygen atoms in total. The topological polar surface area (TPSA) is 23.5 Å². The van der Waals surface area contributed by atoms with E-state index in [-0.39, 0.29) is 6.10 Å². The molecule has 0 saturated carbocycles. The molecule has 0 aliphatic rings. The molecule has 2 aromatic carbocycles. The van der Waals surface area contributed by atoms with E-state index in [1.165, 1.54) is 16.7 Å². The summed E-state index contributed by atoms with van der Waals surface area (Å²) in [5, 5.41) is 10.5. The Morgan fingerprint density at radius 1 is 0.913 bits per heavy atom. The summed E-state index contributed by atoms with van der Waals surface area (Å²) in [5.41, 5.74) is 3.80. The Morgan fingerprint density at radius 2 is 1.61 bits per heavy atom. The van der Waals surface area contributed by atoms with Crippen LogP contribution in [0.1, 0.15) is 30.5 Å². The fourth-order valence-electron chi connectivity index (χ4n) is 3.04. The van der Waals surface area contributed by atoms with Gasteiger partial charge in [0.2, 0.25) is 0 Å². The molecule has 2 aromatic rings. The molecule has 0 heterocycles. The lowest BCUT2D eigenvalue weighted by Gasteiger charge is -2.27. The normalized spacial score (nSPS) is 12.8. The first-order chi connectivity index (χ1) is 11.0. The maximum Gasteiger partial charge on any atom is 0.0707 e. The van der Waals surface area contributed by atoms with Crippen LogP contribution in [0.25, 0.3) is 0 Å². The highest BCUT2D eigenvalue weighted by Gasteiger charge is 2.14. The van der Waals surface area contributed by atoms with Gasteiger partial charge in [0.15, 0.2) is 0 Å². The second kappa shape index (κ2) is 8.85. The van der Waals surface area contributed by atoms with Gasteiger partial charge in [-0.25, -0.2) is 0 Å². The average Bonchev–Trinajstić information content (AvgIpc) is 2.47. The van der Waals surface area contributed by atoms with Gasteiger partial charge in [-0.3, -0.25) is 4.90 Å². The average molecular weight is 311 g/mol. The third-order valence-electron chi connectivity index (χ3n) is 3.90. The monoisotopic (exact) mass is 311 g/mol. The van der Waals surface area contributed by atoms with E-state index in [2.05, 4.69) is 62.1 Å². The van der Waals surface area contributed by atoms with Gasteiger partial charge < -0.3 is 5.11 Å². The van der Waals surface area contributed by atoms with Crippen molar-refractivity contribution >= 4 is 0 Å². The SMILES string of the molecule is Cc1cccc(CN(CC(C)C)CC(O)Cc2ccccc2)c1. The summed E-state index contributed by atoms with van der Waals surface area (Å²) in [5.74, 6) is 0.587. The van der Waals surface area contributed by atoms with Gasteiger partial charge in [-0.05, 0) is 30.4 Å². The zero-order valence-electron chi connectivity index (χ0n) is 14.6. The number of nitrogens with zero attached hydrogens (tertiary/aromatic N) is 1. The molecule has 0 radical (unpaired) electrons. The summed E-state index contributed by atoms with van der Waals surface area (Å²) in [7, 11) is 0. The Balaban J connectivity index is 1.97. The number of benzene rings is 2. The third kappa shape index (κ3) is 6.55. The van der Waals surface area contributed by atoms with Gasteiger partial charge in [0.1, 0.15) is 0 Å². The molecule has 23 heavy (non-hydrogen) atoms. The van der Waals surface area contributed by atoms with Crippen LogP contribution in [-0.4, -0.2) is 29.2 Å². The predicted octanol–water partition coefficient (Wildman–Crippen LogP) is 4.06. The number of hydrogen-bond acceptors (Lipinski definition) is 2. The van der Waals surface area contributed by atoms with Crippen molar-refractivity contribution in [2.24, 2.45) is 5.92 Å². The van der Waals surface area contributed by atoms with Crippen molar-refractivity contribution in [3.8, 4) is 0 Å². The molecule has 0 aromatic heterocycles. The standard InChI is InChI=1S/C21H29NO/c1-17(2)14-22(15-20-11-7-8-18(3)12-20)16-21(23)13-19-9-5-4-6-10-19/h4-12,17,21,23H,13-16H2,1-3H3. The lowest BCUT2D eigenvalue weighted by Crippen LogP contribution is -2.35. The molecule has 1 atom stereocenters. The van der Waals surface area contributed by atoms with Crippen molar-refractivity contribution in [2.45, 2.75) is 39.8 Å². The second-order valence-electron chi connectivity index (χ2n) is 6.92. The molecule has 1 unspecified atom stereocenters. The molecule has 0 spiro atoms. The Morgan fingerprint density at radius 3 is 2.26 bits per heavy atom. The van der Waals surface area contributed by atoms with E-state index in [0.717, 1.165) is 13.1 Å². The lowest BCUT2D eigenvalue weighted by molar-refractivity contribution is 0.101. The molecule has 1 N–H and O–H groups in total. The maximum absolute atomic E-state index is 10.5. The molecule has 0 aliphatic heterocycles. The molecule has 2 rings (SSSR count). The first-order valence-corrected chi connectivity index (χ1v) is 8.53. The van der Waals surface area contributed by atoms with E-state index in [9.17, 15) is 5.11 Å². The lowest BCUT2D eigenvalue weighted by atomic mass is 10.1. The summed E-state index contributed by atoms with van der Waals surface area (Å²) in [6.45, 7) is 9.19. The fourth-order valence-corrected chi connectivity index (χ4v) is 3.04. The second-order valence-corrected chi connectivity index (χ2v) is 6.92. The Kier molecular flexibility index (Phi) is 6.82. The summed E-state index contributed by atoms with van der Waals surface area (Å²) in [6.07, 6.45) is 0.379. The molecule has 0 aliphatic carbocycles. The van der Waals surface area contributed by atoms with E-state index in [0.29, 0.717) is 18.9 Å². The number of aliphatic hydroxyl groups is 1. The van der Waals surface area contributed by atoms with Gasteiger partial charge in [-0.2, -0.15) is 0 Å². The van der Waals surface area contributed by atoms with Crippen molar-refractivity contribution in [3.63, 3.8) is 0 Å². The highest BCUT2D eigenvalue weighted by Crippen LogP contribution is 2.12. The van der Waals surface area contributed by atoms with Gasteiger partial charge >= 0.3 is 0 Å². The van der Waals surface area contributed by atoms with E-state index < -0.39 is 0 Å². The van der Waals surface area contributed by atoms with Gasteiger partial charge in [0.05, 0.1) is 6.10 Å². The van der Waals surface area contributed by atoms with Crippen molar-refractivity contribution in [1.29, 1.82) is 0 Å². The Labute approximate surface area is 140 Å². The molecule has 0 bridgehead atoms. The van der Waals surface area contributed by atoms with Gasteiger partial charge in [-0.15, -0.1) is 0 Å². The quantitative estimate of drug-likeness (QED) is 0.795. The molecule has 0 saturated heterocycles. The van der Waals surface area contributed by atoms with E-state index in [1.807, 2.05) is 18.2 Å². The Bertz CT molecular complexity index is 579. The highest BCUT2D eigenvalue weighted by atomic mass is 16.3. The van der Waals surface area contributed by atoms with Gasteiger partial charge in [0, 0.05) is 19.6 Å². The highest BCUT2D eigenvalue weighted by molar-refractivity contribution is 5.22. The zero-order chi connectivity index (χ0) is 16.7. The fraction of sp³-hybridized carbons (Fsp3) is 0.429. The van der Waals surface area contributed by atoms with Crippen LogP contribution in [0.4, 0.5) is 0 Å². The summed E-state index contributed by atoms with van der Waals surface area (Å²) >= 11 is 0. The molecule has 0 amide bonds. The van der Waals surface area contributed by atoms with Crippen LogP contribution in [0.2, 0.25) is 0 Å². The largest absolute Gasteiger partial charge is 0.391 e. The van der Waals surface area contributed by atoms with Crippen LogP contribution in [-0.2, 0) is 13.0 Å². The van der Waals surface area contributed by atoms with Crippen LogP contribution in [0.15, 0.2) is 54.6 Å². The summed E-state index contributed by atoms with van der Waals surface area (Å²) in [6, 6.07) is 18.9. The molecule has 124 valence electrons. The minimum atomic E-state index is -0.332. The smallest absolute Gasteiger partial charge is 0.0707 e. The number of aliphatic hydroxyl groups excluding tert-OH is 1. The molecule has 0 fully saturated rings. The van der Waals surface area contributed by atoms with Crippen LogP contribution < -0.4 is 0 Å². The van der Waals surface area contributed by atoms with E-state index >= 15 is 0 Å². The zero-order valence-corrected chi connectivity index (χ0v) is 14.6. The van der Waals surface area contributed by atoms with Gasteiger partial charge in [-0.1, -0.05) is 74.0 Å². The predicted molar refractivity (Wildman–Crippen MR) is 97.4 cm³/mol. The molecule has 2 heteroatoms. The van der Waals surface area contributed by atoms with Crippen LogP contribution >= 0.6 is 0 Å². The van der Waals surface area contributed by atoms with Crippen molar-refractivity contribution in [1.82, 2.24) is 4.90 Å². The van der Waals surface area contributed by atoms with Crippen molar-refractivity contribution < 1.29 is 5.11 Å². The third-order valence-corrected chi connectivity index (χ3v) is 3.90. The van der Waals surface area contributed by atoms with Gasteiger partial charge in [0.25, 0.3) is 0 Å². The van der Waals surface area contributed by atoms with E-state index in [1.54, 1.807) is 0 Å². The Hall–Kier alpha value is -1.64. The summed E-state index contributed by atoms with van der Waals surface area (Å²) in [4.78, 5) is 2.37. The summed E-state index contributed by atoms with van der Waals surface area (Å²) < 4.78 is 0. The van der Waals surface area contributed by atoms with E-state index in [4.69, 9.17) is 0 Å². The number of aryl methyl sites for hydroxylation is 1. The minimum absolute atomic E-state index is 0.332. The van der Waals surface area contributed by atoms with Crippen LogP contribution in [0.5, 0.6) is 0 Å². The minimum Gasteiger partial charge on any atom is -0.391 e. The molecular weight excluding hydrogens is 282 g/mol. The first kappa shape index (κ1) is 17.7. The maximum atomic E-state index is 10.5. The molecular formula is C21H29NO. The first-order valence-electron chi connectivity index (χ1n) is 8.53. The number of hydrogen-bond donors (Lipinski definition) is 1. The van der Waals surface area contributed by atoms with Crippen molar-refractivity contribution in [3.05, 3.63) is 71.3 Å². The van der Waals surface area contributed by atoms with Crippen molar-refractivity contribution in [2.75, 3.05) is 13.1 Å². The number of rotatable bonds is 8. The van der Waals surface area contributed by atoms with Crippen LogP contribution in [0, 0.1) is 12.8 Å².